The number of carboxylic acids is 1. The fourth-order valence-corrected chi connectivity index (χ4v) is 0.564. The largest absolute Gasteiger partial charge is 1.00 e. The zero-order valence-corrected chi connectivity index (χ0v) is 12.8. The van der Waals surface area contributed by atoms with Crippen molar-refractivity contribution in [2.24, 2.45) is 5.16 Å². The van der Waals surface area contributed by atoms with Crippen LogP contribution in [-0.2, 0) is 23.9 Å². The van der Waals surface area contributed by atoms with E-state index in [0.717, 1.165) is 6.92 Å². The normalized spacial score (nSPS) is 7.72. The van der Waals surface area contributed by atoms with Gasteiger partial charge in [-0.25, -0.2) is 9.59 Å². The van der Waals surface area contributed by atoms with E-state index in [1.165, 1.54) is 0 Å². The van der Waals surface area contributed by atoms with Crippen LogP contribution < -0.4 is 34.7 Å². The summed E-state index contributed by atoms with van der Waals surface area (Å²) in [6.45, 7) is 4.30. The van der Waals surface area contributed by atoms with Crippen LogP contribution in [0.5, 0.6) is 0 Å². The Morgan fingerprint density at radius 1 is 1.11 bits per heavy atom. The van der Waals surface area contributed by atoms with Gasteiger partial charge in [-0.2, -0.15) is 0 Å². The van der Waals surface area contributed by atoms with Crippen molar-refractivity contribution in [1.29, 1.82) is 0 Å². The molecule has 0 aromatic rings. The molecule has 0 radical (unpaired) electrons. The number of carbonyl (C=O) groups is 3. The quantitative estimate of drug-likeness (QED) is 0.137. The Morgan fingerprint density at radius 3 is 1.56 bits per heavy atom. The third-order valence-corrected chi connectivity index (χ3v) is 1.04. The number of hydrogen-bond acceptors (Lipinski definition) is 8. The van der Waals surface area contributed by atoms with Crippen molar-refractivity contribution in [3.63, 3.8) is 0 Å². The number of hydrogen-bond donors (Lipinski definition) is 1. The molecule has 0 heterocycles. The molecule has 18 heavy (non-hydrogen) atoms. The van der Waals surface area contributed by atoms with Crippen LogP contribution in [0.2, 0.25) is 0 Å². The molecule has 0 aromatic heterocycles. The van der Waals surface area contributed by atoms with Crippen molar-refractivity contribution in [1.82, 2.24) is 0 Å². The number of esters is 2. The molecule has 0 saturated heterocycles. The van der Waals surface area contributed by atoms with Crippen LogP contribution in [-0.4, -0.2) is 42.0 Å². The van der Waals surface area contributed by atoms with E-state index < -0.39 is 23.6 Å². The van der Waals surface area contributed by atoms with Gasteiger partial charge in [0.15, 0.2) is 0 Å². The number of aliphatic carboxylic acids is 1. The van der Waals surface area contributed by atoms with Gasteiger partial charge in [0.1, 0.15) is 0 Å². The van der Waals surface area contributed by atoms with E-state index in [2.05, 4.69) is 14.6 Å². The van der Waals surface area contributed by atoms with Crippen LogP contribution in [0, 0.1) is 0 Å². The smallest absolute Gasteiger partial charge is 0.550 e. The van der Waals surface area contributed by atoms with E-state index in [9.17, 15) is 9.59 Å². The first-order valence-corrected chi connectivity index (χ1v) is 4.64. The minimum atomic E-state index is -1.08. The van der Waals surface area contributed by atoms with Gasteiger partial charge in [-0.1, -0.05) is 5.16 Å². The van der Waals surface area contributed by atoms with E-state index in [1.54, 1.807) is 13.8 Å². The zero-order valence-electron chi connectivity index (χ0n) is 10.8. The third kappa shape index (κ3) is 12.9. The second-order valence-electron chi connectivity index (χ2n) is 2.38. The molecule has 9 heteroatoms. The SMILES string of the molecule is CC(=O)[O-].CCOC(=O)C(=NO)C(=O)OCC.[Na+]. The minimum absolute atomic E-state index is 0. The average molecular weight is 271 g/mol. The summed E-state index contributed by atoms with van der Waals surface area (Å²) in [5.74, 6) is -3.08. The van der Waals surface area contributed by atoms with Crippen molar-refractivity contribution < 1.29 is 63.7 Å². The summed E-state index contributed by atoms with van der Waals surface area (Å²) in [7, 11) is 0. The average Bonchev–Trinajstić information content (AvgIpc) is 2.18. The summed E-state index contributed by atoms with van der Waals surface area (Å²) in [6, 6.07) is 0. The van der Waals surface area contributed by atoms with Gasteiger partial charge in [0.2, 0.25) is 0 Å². The van der Waals surface area contributed by atoms with Gasteiger partial charge in [0.25, 0.3) is 5.71 Å². The number of ether oxygens (including phenoxy) is 2. The molecule has 0 aliphatic rings. The molecule has 0 atom stereocenters. The summed E-state index contributed by atoms with van der Waals surface area (Å²) >= 11 is 0. The van der Waals surface area contributed by atoms with Gasteiger partial charge >= 0.3 is 41.5 Å². The van der Waals surface area contributed by atoms with Crippen molar-refractivity contribution in [2.45, 2.75) is 20.8 Å². The van der Waals surface area contributed by atoms with E-state index in [1.807, 2.05) is 0 Å². The molecule has 1 N–H and O–H groups in total. The Morgan fingerprint density at radius 2 is 1.39 bits per heavy atom. The number of carboxylic acid groups (broad SMARTS) is 1. The summed E-state index contributed by atoms with van der Waals surface area (Å²) in [4.78, 5) is 30.6. The van der Waals surface area contributed by atoms with E-state index >= 15 is 0 Å². The van der Waals surface area contributed by atoms with Crippen LogP contribution in [0.25, 0.3) is 0 Å². The van der Waals surface area contributed by atoms with Gasteiger partial charge in [-0.3, -0.25) is 0 Å². The van der Waals surface area contributed by atoms with E-state index in [0.29, 0.717) is 0 Å². The van der Waals surface area contributed by atoms with Crippen molar-refractivity contribution in [2.75, 3.05) is 13.2 Å². The van der Waals surface area contributed by atoms with Crippen LogP contribution in [0.3, 0.4) is 0 Å². The topological polar surface area (TPSA) is 125 Å². The maximum absolute atomic E-state index is 10.9. The van der Waals surface area contributed by atoms with Crippen LogP contribution in [0.4, 0.5) is 0 Å². The van der Waals surface area contributed by atoms with Crippen molar-refractivity contribution in [3.8, 4) is 0 Å². The molecule has 0 aliphatic heterocycles. The molecular weight excluding hydrogens is 257 g/mol. The number of carbonyl (C=O) groups excluding carboxylic acids is 3. The van der Waals surface area contributed by atoms with Gasteiger partial charge in [-0.05, 0) is 20.8 Å². The first-order valence-electron chi connectivity index (χ1n) is 4.64. The molecule has 98 valence electrons. The van der Waals surface area contributed by atoms with Gasteiger partial charge in [0.05, 0.1) is 13.2 Å². The molecule has 0 rings (SSSR count). The summed E-state index contributed by atoms with van der Waals surface area (Å²) in [5, 5.41) is 19.7. The molecular formula is C9H14NNaO7. The van der Waals surface area contributed by atoms with Gasteiger partial charge in [0, 0.05) is 5.97 Å². The Bertz CT molecular complexity index is 279. The fraction of sp³-hybridized carbons (Fsp3) is 0.556. The predicted molar refractivity (Wildman–Crippen MR) is 53.2 cm³/mol. The standard InChI is InChI=1S/C7H11NO5.C2H4O2.Na/c1-3-12-6(9)5(8-11)7(10)13-4-2;1-2(3)4;/h11H,3-4H2,1-2H3;1H3,(H,3,4);/q;;+1/p-1. The predicted octanol–water partition coefficient (Wildman–Crippen LogP) is -4.30. The molecule has 0 amide bonds. The Hall–Kier alpha value is -1.12. The van der Waals surface area contributed by atoms with Gasteiger partial charge < -0.3 is 24.6 Å². The maximum atomic E-state index is 10.9. The van der Waals surface area contributed by atoms with Crippen LogP contribution >= 0.6 is 0 Å². The zero-order chi connectivity index (χ0) is 13.8. The Balaban J connectivity index is -0.000000392. The fourth-order valence-electron chi connectivity index (χ4n) is 0.564. The number of nitrogens with zero attached hydrogens (tertiary/aromatic N) is 1. The second-order valence-corrected chi connectivity index (χ2v) is 2.38. The Kier molecular flexibility index (Phi) is 17.1. The molecule has 0 bridgehead atoms. The third-order valence-electron chi connectivity index (χ3n) is 1.04. The number of oxime groups is 1. The first-order chi connectivity index (χ1) is 7.90. The van der Waals surface area contributed by atoms with Crippen molar-refractivity contribution in [3.05, 3.63) is 0 Å². The number of rotatable bonds is 4. The van der Waals surface area contributed by atoms with Gasteiger partial charge in [-0.15, -0.1) is 0 Å². The van der Waals surface area contributed by atoms with Crippen molar-refractivity contribution >= 4 is 23.6 Å². The van der Waals surface area contributed by atoms with Crippen LogP contribution in [0.15, 0.2) is 5.16 Å². The minimum Gasteiger partial charge on any atom is -0.550 e. The molecule has 0 unspecified atom stereocenters. The summed E-state index contributed by atoms with van der Waals surface area (Å²) in [5.41, 5.74) is -0.747. The Labute approximate surface area is 126 Å². The van der Waals surface area contributed by atoms with E-state index in [4.69, 9.17) is 15.1 Å². The molecule has 0 aromatic carbocycles. The monoisotopic (exact) mass is 271 g/mol. The molecule has 0 saturated carbocycles. The second kappa shape index (κ2) is 13.9. The van der Waals surface area contributed by atoms with E-state index in [-0.39, 0.29) is 42.8 Å². The molecule has 0 spiro atoms. The van der Waals surface area contributed by atoms with Crippen LogP contribution in [0.1, 0.15) is 20.8 Å². The summed E-state index contributed by atoms with van der Waals surface area (Å²) in [6.07, 6.45) is 0. The molecule has 8 nitrogen and oxygen atoms in total. The first kappa shape index (κ1) is 22.1. The molecule has 0 fully saturated rings. The maximum Gasteiger partial charge on any atom is 1.00 e. The molecule has 0 aliphatic carbocycles. The summed E-state index contributed by atoms with van der Waals surface area (Å²) < 4.78 is 8.86.